The van der Waals surface area contributed by atoms with Crippen LogP contribution in [0.3, 0.4) is 0 Å². The summed E-state index contributed by atoms with van der Waals surface area (Å²) in [5, 5.41) is 0. The predicted molar refractivity (Wildman–Crippen MR) is 72.3 cm³/mol. The van der Waals surface area contributed by atoms with Crippen molar-refractivity contribution in [2.75, 3.05) is 13.2 Å². The summed E-state index contributed by atoms with van der Waals surface area (Å²) in [6, 6.07) is 10.9. The molecule has 1 aromatic carbocycles. The van der Waals surface area contributed by atoms with Gasteiger partial charge in [0.2, 0.25) is 0 Å². The molecule has 0 N–H and O–H groups in total. The van der Waals surface area contributed by atoms with Gasteiger partial charge in [0.1, 0.15) is 0 Å². The summed E-state index contributed by atoms with van der Waals surface area (Å²) < 4.78 is 11.5. The summed E-state index contributed by atoms with van der Waals surface area (Å²) in [5.41, 5.74) is 1.34. The largest absolute Gasteiger partial charge is 0.350 e. The topological polar surface area (TPSA) is 21.7 Å². The van der Waals surface area contributed by atoms with E-state index in [4.69, 9.17) is 9.47 Å². The Morgan fingerprint density at radius 1 is 1.33 bits per heavy atom. The first-order chi connectivity index (χ1) is 8.66. The Morgan fingerprint density at radius 2 is 2.06 bits per heavy atom. The van der Waals surface area contributed by atoms with Gasteiger partial charge in [0.25, 0.3) is 0 Å². The third kappa shape index (κ3) is 3.55. The summed E-state index contributed by atoms with van der Waals surface area (Å²) in [7, 11) is 0. The molecule has 0 spiro atoms. The molecule has 0 amide bonds. The first-order valence-electron chi connectivity index (χ1n) is 6.72. The highest BCUT2D eigenvalue weighted by Gasteiger charge is 2.29. The highest BCUT2D eigenvalue weighted by molar-refractivity contribution is 5.14. The number of hydrogen-bond donors (Lipinski definition) is 0. The minimum atomic E-state index is -0.109. The number of hydrogen-bond acceptors (Lipinski definition) is 3. The van der Waals surface area contributed by atoms with Crippen LogP contribution in [0.25, 0.3) is 0 Å². The molecule has 1 aromatic rings. The van der Waals surface area contributed by atoms with Crippen LogP contribution >= 0.6 is 0 Å². The van der Waals surface area contributed by atoms with Crippen LogP contribution in [0.4, 0.5) is 0 Å². The quantitative estimate of drug-likeness (QED) is 0.819. The first kappa shape index (κ1) is 13.5. The van der Waals surface area contributed by atoms with E-state index >= 15 is 0 Å². The molecule has 1 aliphatic heterocycles. The van der Waals surface area contributed by atoms with Gasteiger partial charge >= 0.3 is 0 Å². The Kier molecular flexibility index (Phi) is 4.75. The number of morpholine rings is 1. The van der Waals surface area contributed by atoms with Gasteiger partial charge in [-0.05, 0) is 26.3 Å². The zero-order valence-corrected chi connectivity index (χ0v) is 11.5. The van der Waals surface area contributed by atoms with Crippen LogP contribution in [0.5, 0.6) is 0 Å². The van der Waals surface area contributed by atoms with Crippen LogP contribution in [0.1, 0.15) is 26.3 Å². The molecule has 1 fully saturated rings. The number of nitrogens with zero attached hydrogens (tertiary/aromatic N) is 1. The zero-order valence-electron chi connectivity index (χ0n) is 11.5. The van der Waals surface area contributed by atoms with Crippen molar-refractivity contribution in [1.29, 1.82) is 0 Å². The lowest BCUT2D eigenvalue weighted by atomic mass is 10.1. The normalized spacial score (nSPS) is 25.6. The van der Waals surface area contributed by atoms with E-state index in [1.807, 2.05) is 13.8 Å². The molecule has 1 saturated heterocycles. The predicted octanol–water partition coefficient (Wildman–Crippen LogP) is 2.66. The van der Waals surface area contributed by atoms with Gasteiger partial charge in [0.05, 0.1) is 18.8 Å². The Morgan fingerprint density at radius 3 is 2.72 bits per heavy atom. The lowest BCUT2D eigenvalue weighted by molar-refractivity contribution is -0.220. The molecular formula is C15H23NO2. The van der Waals surface area contributed by atoms with Crippen molar-refractivity contribution in [1.82, 2.24) is 4.90 Å². The Balaban J connectivity index is 1.96. The van der Waals surface area contributed by atoms with Crippen molar-refractivity contribution in [3.05, 3.63) is 35.9 Å². The van der Waals surface area contributed by atoms with Crippen LogP contribution in [0, 0.1) is 0 Å². The van der Waals surface area contributed by atoms with Gasteiger partial charge in [-0.1, -0.05) is 30.3 Å². The third-order valence-corrected chi connectivity index (χ3v) is 3.27. The van der Waals surface area contributed by atoms with Crippen molar-refractivity contribution in [3.63, 3.8) is 0 Å². The maximum Gasteiger partial charge on any atom is 0.173 e. The Labute approximate surface area is 110 Å². The molecule has 0 aliphatic carbocycles. The van der Waals surface area contributed by atoms with E-state index in [0.717, 1.165) is 19.7 Å². The van der Waals surface area contributed by atoms with Crippen molar-refractivity contribution >= 4 is 0 Å². The van der Waals surface area contributed by atoms with Crippen molar-refractivity contribution in [2.45, 2.75) is 45.8 Å². The molecule has 1 heterocycles. The SMILES string of the molecule is CC(C)OC1OCCN(Cc2ccccc2)C1C. The lowest BCUT2D eigenvalue weighted by Gasteiger charge is -2.39. The second-order valence-electron chi connectivity index (χ2n) is 5.12. The summed E-state index contributed by atoms with van der Waals surface area (Å²) in [6.07, 6.45) is 0.0941. The fourth-order valence-electron chi connectivity index (χ4n) is 2.26. The maximum absolute atomic E-state index is 5.81. The lowest BCUT2D eigenvalue weighted by Crippen LogP contribution is -2.50. The number of benzene rings is 1. The molecule has 2 unspecified atom stereocenters. The molecule has 18 heavy (non-hydrogen) atoms. The van der Waals surface area contributed by atoms with Crippen LogP contribution in [-0.2, 0) is 16.0 Å². The number of rotatable bonds is 4. The van der Waals surface area contributed by atoms with E-state index in [2.05, 4.69) is 42.2 Å². The summed E-state index contributed by atoms with van der Waals surface area (Å²) in [4.78, 5) is 2.42. The standard InChI is InChI=1S/C15H23NO2/c1-12(2)18-15-13(3)16(9-10-17-15)11-14-7-5-4-6-8-14/h4-8,12-13,15H,9-11H2,1-3H3. The van der Waals surface area contributed by atoms with E-state index in [1.54, 1.807) is 0 Å². The second-order valence-corrected chi connectivity index (χ2v) is 5.12. The van der Waals surface area contributed by atoms with E-state index in [1.165, 1.54) is 5.56 Å². The molecule has 0 bridgehead atoms. The van der Waals surface area contributed by atoms with Crippen LogP contribution in [0.2, 0.25) is 0 Å². The minimum absolute atomic E-state index is 0.109. The molecule has 2 rings (SSSR count). The van der Waals surface area contributed by atoms with Crippen LogP contribution in [-0.4, -0.2) is 36.5 Å². The smallest absolute Gasteiger partial charge is 0.173 e. The summed E-state index contributed by atoms with van der Waals surface area (Å²) >= 11 is 0. The molecule has 100 valence electrons. The fourth-order valence-corrected chi connectivity index (χ4v) is 2.26. The average molecular weight is 249 g/mol. The first-order valence-corrected chi connectivity index (χ1v) is 6.72. The highest BCUT2D eigenvalue weighted by atomic mass is 16.7. The summed E-state index contributed by atoms with van der Waals surface area (Å²) in [6.45, 7) is 8.94. The van der Waals surface area contributed by atoms with E-state index in [9.17, 15) is 0 Å². The zero-order chi connectivity index (χ0) is 13.0. The average Bonchev–Trinajstić information content (AvgIpc) is 2.35. The van der Waals surface area contributed by atoms with Crippen LogP contribution < -0.4 is 0 Å². The van der Waals surface area contributed by atoms with Gasteiger partial charge in [-0.15, -0.1) is 0 Å². The molecule has 0 radical (unpaired) electrons. The Bertz CT molecular complexity index is 353. The monoisotopic (exact) mass is 249 g/mol. The molecular weight excluding hydrogens is 226 g/mol. The maximum atomic E-state index is 5.81. The van der Waals surface area contributed by atoms with Gasteiger partial charge in [-0.2, -0.15) is 0 Å². The van der Waals surface area contributed by atoms with Gasteiger partial charge < -0.3 is 9.47 Å². The van der Waals surface area contributed by atoms with Crippen molar-refractivity contribution < 1.29 is 9.47 Å². The molecule has 2 atom stereocenters. The van der Waals surface area contributed by atoms with E-state index in [-0.39, 0.29) is 12.4 Å². The highest BCUT2D eigenvalue weighted by Crippen LogP contribution is 2.19. The van der Waals surface area contributed by atoms with Gasteiger partial charge in [0, 0.05) is 13.1 Å². The minimum Gasteiger partial charge on any atom is -0.350 e. The van der Waals surface area contributed by atoms with Crippen molar-refractivity contribution in [2.24, 2.45) is 0 Å². The molecule has 1 aliphatic rings. The van der Waals surface area contributed by atoms with Gasteiger partial charge in [-0.3, -0.25) is 4.90 Å². The van der Waals surface area contributed by atoms with E-state index in [0.29, 0.717) is 6.04 Å². The number of ether oxygens (including phenoxy) is 2. The fraction of sp³-hybridized carbons (Fsp3) is 0.600. The third-order valence-electron chi connectivity index (χ3n) is 3.27. The van der Waals surface area contributed by atoms with Gasteiger partial charge in [0.15, 0.2) is 6.29 Å². The second kappa shape index (κ2) is 6.32. The molecule has 0 saturated carbocycles. The molecule has 3 heteroatoms. The molecule has 3 nitrogen and oxygen atoms in total. The van der Waals surface area contributed by atoms with Crippen LogP contribution in [0.15, 0.2) is 30.3 Å². The Hall–Kier alpha value is -0.900. The van der Waals surface area contributed by atoms with E-state index < -0.39 is 0 Å². The van der Waals surface area contributed by atoms with Crippen molar-refractivity contribution in [3.8, 4) is 0 Å². The molecule has 0 aromatic heterocycles. The van der Waals surface area contributed by atoms with Gasteiger partial charge in [-0.25, -0.2) is 0 Å². The summed E-state index contributed by atoms with van der Waals surface area (Å²) in [5.74, 6) is 0.